The van der Waals surface area contributed by atoms with Crippen molar-refractivity contribution >= 4 is 25.6 Å². The summed E-state index contributed by atoms with van der Waals surface area (Å²) in [7, 11) is -8.54. The van der Waals surface area contributed by atoms with Gasteiger partial charge in [0.25, 0.3) is 5.91 Å². The van der Waals surface area contributed by atoms with Gasteiger partial charge in [0.15, 0.2) is 31.3 Å². The molecule has 2 saturated heterocycles. The van der Waals surface area contributed by atoms with Crippen LogP contribution in [0.1, 0.15) is 42.4 Å². The molecule has 0 saturated carbocycles. The Morgan fingerprint density at radius 3 is 2.04 bits per heavy atom. The molecule has 248 valence electrons. The average Bonchev–Trinajstić information content (AvgIpc) is 3.35. The molecule has 2 aromatic carbocycles. The molecule has 2 fully saturated rings. The number of aliphatic hydroxyl groups is 1. The Bertz CT molecular complexity index is 1750. The van der Waals surface area contributed by atoms with Crippen molar-refractivity contribution in [1.29, 1.82) is 0 Å². The van der Waals surface area contributed by atoms with E-state index in [1.54, 1.807) is 0 Å². The Kier molecular flexibility index (Phi) is 7.68. The van der Waals surface area contributed by atoms with Crippen LogP contribution in [0.4, 0.5) is 39.5 Å². The summed E-state index contributed by atoms with van der Waals surface area (Å²) >= 11 is 0. The van der Waals surface area contributed by atoms with Crippen molar-refractivity contribution in [2.24, 2.45) is 0 Å². The zero-order chi connectivity index (χ0) is 33.6. The lowest BCUT2D eigenvalue weighted by molar-refractivity contribution is -0.348. The van der Waals surface area contributed by atoms with E-state index in [-0.39, 0.29) is 17.7 Å². The van der Waals surface area contributed by atoms with Gasteiger partial charge in [0.1, 0.15) is 10.3 Å². The van der Waals surface area contributed by atoms with E-state index in [0.29, 0.717) is 24.3 Å². The second-order valence-electron chi connectivity index (χ2n) is 11.5. The van der Waals surface area contributed by atoms with Crippen LogP contribution >= 0.6 is 0 Å². The van der Waals surface area contributed by atoms with Crippen molar-refractivity contribution in [2.75, 3.05) is 18.1 Å². The highest BCUT2D eigenvalue weighted by Crippen LogP contribution is 2.57. The van der Waals surface area contributed by atoms with Crippen LogP contribution in [0.2, 0.25) is 0 Å². The van der Waals surface area contributed by atoms with Gasteiger partial charge in [-0.2, -0.15) is 26.3 Å². The quantitative estimate of drug-likeness (QED) is 0.376. The maximum Gasteiger partial charge on any atom is 0.435 e. The van der Waals surface area contributed by atoms with Crippen molar-refractivity contribution in [3.63, 3.8) is 0 Å². The third kappa shape index (κ3) is 4.92. The van der Waals surface area contributed by atoms with E-state index < -0.39 is 138 Å². The second kappa shape index (κ2) is 10.3. The van der Waals surface area contributed by atoms with E-state index in [9.17, 15) is 66.3 Å². The lowest BCUT2D eigenvalue weighted by Gasteiger charge is -2.44. The zero-order valence-corrected chi connectivity index (χ0v) is 24.5. The number of alkyl halides is 7. The number of aryl methyl sites for hydroxylation is 1. The number of hydrogen-bond donors (Lipinski definition) is 1. The number of hydrogen-bond acceptors (Lipinski definition) is 6. The Morgan fingerprint density at radius 1 is 0.889 bits per heavy atom. The van der Waals surface area contributed by atoms with Crippen LogP contribution in [0, 0.1) is 11.6 Å². The maximum absolute atomic E-state index is 15.0. The second-order valence-corrected chi connectivity index (χ2v) is 16.0. The Hall–Kier alpha value is -2.86. The fraction of sp³-hybridized carbons (Fsp3) is 0.519. The Labute approximate surface area is 250 Å². The molecule has 2 unspecified atom stereocenters. The summed E-state index contributed by atoms with van der Waals surface area (Å²) < 4.78 is 174. The van der Waals surface area contributed by atoms with Crippen LogP contribution in [0.3, 0.4) is 0 Å². The minimum absolute atomic E-state index is 0.148. The fourth-order valence-corrected chi connectivity index (χ4v) is 10.6. The first-order valence-electron chi connectivity index (χ1n) is 13.4. The largest absolute Gasteiger partial charge is 0.435 e. The molecular weight excluding hydrogens is 669 g/mol. The average molecular weight is 694 g/mol. The normalized spacial score (nSPS) is 25.0. The van der Waals surface area contributed by atoms with E-state index in [0.717, 1.165) is 4.90 Å². The highest BCUT2D eigenvalue weighted by atomic mass is 32.2. The van der Waals surface area contributed by atoms with Gasteiger partial charge < -0.3 is 10.0 Å². The lowest BCUT2D eigenvalue weighted by Crippen LogP contribution is -2.58. The van der Waals surface area contributed by atoms with E-state index in [2.05, 4.69) is 0 Å². The van der Waals surface area contributed by atoms with Crippen molar-refractivity contribution in [1.82, 2.24) is 4.90 Å². The molecular formula is C27H24F9NO6S2. The topological polar surface area (TPSA) is 109 Å². The van der Waals surface area contributed by atoms with Gasteiger partial charge in [-0.05, 0) is 61.4 Å². The summed E-state index contributed by atoms with van der Waals surface area (Å²) in [4.78, 5) is 13.8. The Morgan fingerprint density at radius 2 is 1.49 bits per heavy atom. The highest BCUT2D eigenvalue weighted by Gasteiger charge is 2.74. The minimum atomic E-state index is -6.45. The van der Waals surface area contributed by atoms with E-state index in [4.69, 9.17) is 0 Å². The van der Waals surface area contributed by atoms with Crippen LogP contribution in [0.15, 0.2) is 41.3 Å². The van der Waals surface area contributed by atoms with Gasteiger partial charge in [-0.15, -0.1) is 0 Å². The number of sulfone groups is 2. The molecule has 45 heavy (non-hydrogen) atoms. The third-order valence-corrected chi connectivity index (χ3v) is 13.2. The fourth-order valence-electron chi connectivity index (χ4n) is 6.68. The number of carbonyl (C=O) groups excluding carboxylic acids is 1. The molecule has 1 amide bonds. The minimum Gasteiger partial charge on any atom is -0.380 e. The molecule has 2 heterocycles. The molecule has 2 aromatic rings. The van der Waals surface area contributed by atoms with Gasteiger partial charge in [0.05, 0.1) is 22.4 Å². The monoisotopic (exact) mass is 693 g/mol. The van der Waals surface area contributed by atoms with Gasteiger partial charge in [-0.1, -0.05) is 18.2 Å². The molecule has 7 nitrogen and oxygen atoms in total. The lowest BCUT2D eigenvalue weighted by atomic mass is 9.76. The molecule has 5 rings (SSSR count). The smallest absolute Gasteiger partial charge is 0.380 e. The van der Waals surface area contributed by atoms with Crippen LogP contribution < -0.4 is 0 Å². The molecule has 0 bridgehead atoms. The van der Waals surface area contributed by atoms with Crippen molar-refractivity contribution in [2.45, 2.75) is 71.4 Å². The number of benzene rings is 2. The molecule has 3 aliphatic rings. The summed E-state index contributed by atoms with van der Waals surface area (Å²) in [6, 6.07) is 1.09. The summed E-state index contributed by atoms with van der Waals surface area (Å²) in [5, 5.41) is 11.1. The van der Waals surface area contributed by atoms with E-state index >= 15 is 0 Å². The predicted octanol–water partition coefficient (Wildman–Crippen LogP) is 4.41. The standard InChI is InChI=1S/C27H24F9NO6S2/c28-19-5-3-17(14-20(19)29)45(42,43)24-7-10-37(22(38)23(39)8-11-44(40,41)12-9-23)21(24)6-1-15-13-16(2-4-18(15)24)25(30,26(31,32)33)27(34,35)36/h2-5,13-14,21,39H,1,6-12H2. The number of nitrogens with zero attached hydrogens (tertiary/aromatic N) is 1. The van der Waals surface area contributed by atoms with Gasteiger partial charge in [-0.3, -0.25) is 4.79 Å². The van der Waals surface area contributed by atoms with Gasteiger partial charge in [-0.25, -0.2) is 30.0 Å². The SMILES string of the molecule is O=C(N1CCC2(S(=O)(=O)c3ccc(F)c(F)c3)c3ccc(C(F)(C(F)(F)F)C(F)(F)F)cc3CCC12)C1(O)CCS(=O)(=O)CC1. The Balaban J connectivity index is 1.69. The molecule has 1 N–H and O–H groups in total. The van der Waals surface area contributed by atoms with Crippen LogP contribution in [-0.2, 0) is 41.3 Å². The molecule has 0 aromatic heterocycles. The van der Waals surface area contributed by atoms with E-state index in [1.807, 2.05) is 0 Å². The van der Waals surface area contributed by atoms with Crippen LogP contribution in [0.25, 0.3) is 0 Å². The number of rotatable bonds is 4. The van der Waals surface area contributed by atoms with Crippen molar-refractivity contribution in [3.05, 3.63) is 64.7 Å². The van der Waals surface area contributed by atoms with Crippen molar-refractivity contribution < 1.29 is 66.3 Å². The van der Waals surface area contributed by atoms with Crippen LogP contribution in [0.5, 0.6) is 0 Å². The number of halogens is 9. The molecule has 1 aliphatic carbocycles. The first-order chi connectivity index (χ1) is 20.5. The molecule has 0 radical (unpaired) electrons. The van der Waals surface area contributed by atoms with Gasteiger partial charge in [0.2, 0.25) is 0 Å². The van der Waals surface area contributed by atoms with Gasteiger partial charge >= 0.3 is 18.0 Å². The molecule has 2 aliphatic heterocycles. The summed E-state index contributed by atoms with van der Waals surface area (Å²) in [6.45, 7) is -0.430. The first kappa shape index (κ1) is 33.5. The number of amides is 1. The summed E-state index contributed by atoms with van der Waals surface area (Å²) in [5.74, 6) is -5.16. The maximum atomic E-state index is 15.0. The van der Waals surface area contributed by atoms with E-state index in [1.165, 1.54) is 0 Å². The van der Waals surface area contributed by atoms with Crippen molar-refractivity contribution in [3.8, 4) is 0 Å². The number of carbonyl (C=O) groups is 1. The molecule has 0 spiro atoms. The third-order valence-electron chi connectivity index (χ3n) is 9.06. The molecule has 18 heteroatoms. The zero-order valence-electron chi connectivity index (χ0n) is 22.9. The molecule has 2 atom stereocenters. The number of fused-ring (bicyclic) bond motifs is 3. The van der Waals surface area contributed by atoms with Gasteiger partial charge in [0, 0.05) is 12.1 Å². The summed E-state index contributed by atoms with van der Waals surface area (Å²) in [6.07, 6.45) is -15.4. The summed E-state index contributed by atoms with van der Waals surface area (Å²) in [5.41, 5.74) is -10.7. The number of likely N-dealkylation sites (tertiary alicyclic amines) is 1. The van der Waals surface area contributed by atoms with Crippen LogP contribution in [-0.4, -0.2) is 74.8 Å². The predicted molar refractivity (Wildman–Crippen MR) is 138 cm³/mol. The first-order valence-corrected chi connectivity index (χ1v) is 16.7. The highest BCUT2D eigenvalue weighted by molar-refractivity contribution is 7.92.